The molecule has 0 aromatic heterocycles. The highest BCUT2D eigenvalue weighted by molar-refractivity contribution is 9.10. The van der Waals surface area contributed by atoms with Gasteiger partial charge in [0.05, 0.1) is 7.11 Å². The van der Waals surface area contributed by atoms with Crippen LogP contribution in [-0.2, 0) is 6.42 Å². The van der Waals surface area contributed by atoms with Crippen molar-refractivity contribution in [2.24, 2.45) is 0 Å². The summed E-state index contributed by atoms with van der Waals surface area (Å²) in [6.45, 7) is 2.99. The SMILES string of the molecule is CCNC(Cc1cccc(OC)c1)c1cc(Br)ccc1Cl. The average molecular weight is 369 g/mol. The molecule has 21 heavy (non-hydrogen) atoms. The van der Waals surface area contributed by atoms with Gasteiger partial charge in [-0.3, -0.25) is 0 Å². The van der Waals surface area contributed by atoms with Crippen molar-refractivity contribution in [1.29, 1.82) is 0 Å². The van der Waals surface area contributed by atoms with Crippen molar-refractivity contribution in [3.8, 4) is 5.75 Å². The Hall–Kier alpha value is -1.03. The van der Waals surface area contributed by atoms with Crippen molar-refractivity contribution < 1.29 is 4.74 Å². The summed E-state index contributed by atoms with van der Waals surface area (Å²) in [7, 11) is 1.69. The van der Waals surface area contributed by atoms with E-state index in [-0.39, 0.29) is 6.04 Å². The first kappa shape index (κ1) is 16.3. The second-order valence-electron chi connectivity index (χ2n) is 4.83. The largest absolute Gasteiger partial charge is 0.497 e. The molecule has 112 valence electrons. The highest BCUT2D eigenvalue weighted by atomic mass is 79.9. The lowest BCUT2D eigenvalue weighted by Gasteiger charge is -2.20. The van der Waals surface area contributed by atoms with Gasteiger partial charge in [-0.25, -0.2) is 0 Å². The van der Waals surface area contributed by atoms with Crippen molar-refractivity contribution in [2.45, 2.75) is 19.4 Å². The number of nitrogens with one attached hydrogen (secondary N) is 1. The maximum Gasteiger partial charge on any atom is 0.119 e. The zero-order chi connectivity index (χ0) is 15.2. The minimum absolute atomic E-state index is 0.173. The number of hydrogen-bond acceptors (Lipinski definition) is 2. The van der Waals surface area contributed by atoms with Crippen LogP contribution in [0.25, 0.3) is 0 Å². The maximum absolute atomic E-state index is 6.37. The molecule has 0 bridgehead atoms. The summed E-state index contributed by atoms with van der Waals surface area (Å²) >= 11 is 9.88. The molecule has 0 saturated carbocycles. The third-order valence-corrected chi connectivity index (χ3v) is 4.20. The van der Waals surface area contributed by atoms with E-state index < -0.39 is 0 Å². The second kappa shape index (κ2) is 7.83. The molecule has 0 fully saturated rings. The van der Waals surface area contributed by atoms with Gasteiger partial charge in [-0.2, -0.15) is 0 Å². The number of halogens is 2. The van der Waals surface area contributed by atoms with Gasteiger partial charge in [0.25, 0.3) is 0 Å². The molecule has 0 heterocycles. The molecule has 0 radical (unpaired) electrons. The van der Waals surface area contributed by atoms with Gasteiger partial charge in [-0.15, -0.1) is 0 Å². The van der Waals surface area contributed by atoms with Crippen LogP contribution < -0.4 is 10.1 Å². The van der Waals surface area contributed by atoms with Crippen LogP contribution in [0.5, 0.6) is 5.75 Å². The normalized spacial score (nSPS) is 12.2. The Balaban J connectivity index is 2.28. The number of likely N-dealkylation sites (N-methyl/N-ethyl adjacent to an activating group) is 1. The van der Waals surface area contributed by atoms with Gasteiger partial charge < -0.3 is 10.1 Å². The highest BCUT2D eigenvalue weighted by Crippen LogP contribution is 2.29. The first-order valence-electron chi connectivity index (χ1n) is 6.95. The standard InChI is InChI=1S/C17H19BrClNO/c1-3-20-17(15-11-13(18)7-8-16(15)19)10-12-5-4-6-14(9-12)21-2/h4-9,11,17,20H,3,10H2,1-2H3. The van der Waals surface area contributed by atoms with Gasteiger partial charge in [0, 0.05) is 15.5 Å². The molecule has 4 heteroatoms. The first-order valence-corrected chi connectivity index (χ1v) is 8.12. The van der Waals surface area contributed by atoms with Gasteiger partial charge in [0.1, 0.15) is 5.75 Å². The summed E-state index contributed by atoms with van der Waals surface area (Å²) < 4.78 is 6.33. The van der Waals surface area contributed by atoms with E-state index in [0.717, 1.165) is 33.8 Å². The van der Waals surface area contributed by atoms with Gasteiger partial charge in [0.2, 0.25) is 0 Å². The van der Waals surface area contributed by atoms with Crippen LogP contribution in [-0.4, -0.2) is 13.7 Å². The summed E-state index contributed by atoms with van der Waals surface area (Å²) in [5.74, 6) is 0.878. The lowest BCUT2D eigenvalue weighted by atomic mass is 9.98. The van der Waals surface area contributed by atoms with Crippen LogP contribution in [0.3, 0.4) is 0 Å². The van der Waals surface area contributed by atoms with Crippen LogP contribution in [0, 0.1) is 0 Å². The summed E-state index contributed by atoms with van der Waals surface area (Å²) in [5.41, 5.74) is 2.33. The fraction of sp³-hybridized carbons (Fsp3) is 0.294. The van der Waals surface area contributed by atoms with Crippen LogP contribution in [0.2, 0.25) is 5.02 Å². The molecule has 1 atom stereocenters. The lowest BCUT2D eigenvalue weighted by molar-refractivity contribution is 0.414. The van der Waals surface area contributed by atoms with Crippen LogP contribution in [0.15, 0.2) is 46.9 Å². The summed E-state index contributed by atoms with van der Waals surface area (Å²) in [6, 6.07) is 14.3. The predicted molar refractivity (Wildman–Crippen MR) is 92.3 cm³/mol. The van der Waals surface area contributed by atoms with E-state index in [1.807, 2.05) is 24.3 Å². The zero-order valence-corrected chi connectivity index (χ0v) is 14.5. The Morgan fingerprint density at radius 3 is 2.76 bits per heavy atom. The molecule has 2 aromatic carbocycles. The molecule has 2 nitrogen and oxygen atoms in total. The lowest BCUT2D eigenvalue weighted by Crippen LogP contribution is -2.23. The number of ether oxygens (including phenoxy) is 1. The first-order chi connectivity index (χ1) is 10.1. The third kappa shape index (κ3) is 4.47. The molecular weight excluding hydrogens is 350 g/mol. The average Bonchev–Trinajstić information content (AvgIpc) is 2.49. The second-order valence-corrected chi connectivity index (χ2v) is 6.15. The maximum atomic E-state index is 6.37. The van der Waals surface area contributed by atoms with Crippen molar-refractivity contribution in [3.63, 3.8) is 0 Å². The van der Waals surface area contributed by atoms with Gasteiger partial charge >= 0.3 is 0 Å². The Kier molecular flexibility index (Phi) is 6.09. The molecule has 1 N–H and O–H groups in total. The topological polar surface area (TPSA) is 21.3 Å². The predicted octanol–water partition coefficient (Wildman–Crippen LogP) is 5.00. The monoisotopic (exact) mass is 367 g/mol. The molecule has 2 rings (SSSR count). The van der Waals surface area contributed by atoms with E-state index in [9.17, 15) is 0 Å². The highest BCUT2D eigenvalue weighted by Gasteiger charge is 2.15. The van der Waals surface area contributed by atoms with Crippen LogP contribution in [0.4, 0.5) is 0 Å². The summed E-state index contributed by atoms with van der Waals surface area (Å²) in [4.78, 5) is 0. The Morgan fingerprint density at radius 2 is 2.05 bits per heavy atom. The van der Waals surface area contributed by atoms with Crippen LogP contribution in [0.1, 0.15) is 24.1 Å². The number of rotatable bonds is 6. The van der Waals surface area contributed by atoms with Crippen LogP contribution >= 0.6 is 27.5 Å². The Morgan fingerprint density at radius 1 is 1.24 bits per heavy atom. The van der Waals surface area contributed by atoms with Gasteiger partial charge in [-0.05, 0) is 54.4 Å². The van der Waals surface area contributed by atoms with E-state index in [0.29, 0.717) is 0 Å². The molecule has 2 aromatic rings. The molecule has 1 unspecified atom stereocenters. The minimum Gasteiger partial charge on any atom is -0.497 e. The zero-order valence-electron chi connectivity index (χ0n) is 12.2. The fourth-order valence-electron chi connectivity index (χ4n) is 2.36. The summed E-state index contributed by atoms with van der Waals surface area (Å²) in [6.07, 6.45) is 0.862. The fourth-order valence-corrected chi connectivity index (χ4v) is 2.98. The molecule has 0 amide bonds. The van der Waals surface area contributed by atoms with E-state index in [1.165, 1.54) is 5.56 Å². The van der Waals surface area contributed by atoms with Crippen molar-refractivity contribution in [2.75, 3.05) is 13.7 Å². The smallest absolute Gasteiger partial charge is 0.119 e. The van der Waals surface area contributed by atoms with Crippen molar-refractivity contribution >= 4 is 27.5 Å². The van der Waals surface area contributed by atoms with E-state index in [1.54, 1.807) is 7.11 Å². The minimum atomic E-state index is 0.173. The number of hydrogen-bond donors (Lipinski definition) is 1. The van der Waals surface area contributed by atoms with E-state index in [2.05, 4.69) is 46.4 Å². The Labute approximate surface area is 139 Å². The molecule has 0 aliphatic heterocycles. The van der Waals surface area contributed by atoms with E-state index in [4.69, 9.17) is 16.3 Å². The quantitative estimate of drug-likeness (QED) is 0.774. The van der Waals surface area contributed by atoms with Crippen molar-refractivity contribution in [1.82, 2.24) is 5.32 Å². The molecule has 0 spiro atoms. The number of methoxy groups -OCH3 is 1. The van der Waals surface area contributed by atoms with Gasteiger partial charge in [-0.1, -0.05) is 46.6 Å². The molecule has 0 aliphatic rings. The third-order valence-electron chi connectivity index (χ3n) is 3.36. The molecule has 0 aliphatic carbocycles. The summed E-state index contributed by atoms with van der Waals surface area (Å²) in [5, 5.41) is 4.29. The Bertz CT molecular complexity index is 603. The van der Waals surface area contributed by atoms with Crippen molar-refractivity contribution in [3.05, 3.63) is 63.1 Å². The number of benzene rings is 2. The molecular formula is C17H19BrClNO. The molecule has 0 saturated heterocycles. The van der Waals surface area contributed by atoms with E-state index >= 15 is 0 Å². The van der Waals surface area contributed by atoms with Gasteiger partial charge in [0.15, 0.2) is 0 Å².